The lowest BCUT2D eigenvalue weighted by atomic mass is 9.47. The summed E-state index contributed by atoms with van der Waals surface area (Å²) in [4.78, 5) is 33.1. The Morgan fingerprint density at radius 3 is 2.69 bits per heavy atom. The molecule has 3 saturated carbocycles. The number of carbonyl (C=O) groups is 2. The maximum absolute atomic E-state index is 15.0. The SMILES string of the molecule is C[C@@H](OC(=O)Cc1c(-c2ncc(C(=O)NC34CC(F)(C3)C4)cc2F)nnn1C)c1cccnc1Cl. The lowest BCUT2D eigenvalue weighted by Gasteiger charge is -2.65. The van der Waals surface area contributed by atoms with Crippen molar-refractivity contribution in [2.75, 3.05) is 0 Å². The molecule has 0 saturated heterocycles. The van der Waals surface area contributed by atoms with Crippen LogP contribution in [0.2, 0.25) is 5.15 Å². The highest BCUT2D eigenvalue weighted by Gasteiger charge is 2.69. The molecule has 3 heterocycles. The summed E-state index contributed by atoms with van der Waals surface area (Å²) < 4.78 is 35.5. The van der Waals surface area contributed by atoms with Crippen molar-refractivity contribution in [1.29, 1.82) is 0 Å². The second kappa shape index (κ2) is 8.33. The number of esters is 1. The van der Waals surface area contributed by atoms with E-state index in [4.69, 9.17) is 16.3 Å². The van der Waals surface area contributed by atoms with Gasteiger partial charge in [-0.1, -0.05) is 22.9 Å². The van der Waals surface area contributed by atoms with Gasteiger partial charge in [-0.05, 0) is 19.1 Å². The molecule has 0 aliphatic heterocycles. The van der Waals surface area contributed by atoms with Gasteiger partial charge in [0.2, 0.25) is 0 Å². The van der Waals surface area contributed by atoms with Gasteiger partial charge in [0, 0.05) is 49.8 Å². The molecule has 3 aliphatic carbocycles. The van der Waals surface area contributed by atoms with Crippen LogP contribution in [0.1, 0.15) is 53.9 Å². The number of pyridine rings is 2. The second-order valence-electron chi connectivity index (χ2n) is 9.17. The highest BCUT2D eigenvalue weighted by molar-refractivity contribution is 6.30. The lowest BCUT2D eigenvalue weighted by Crippen LogP contribution is -2.76. The van der Waals surface area contributed by atoms with E-state index >= 15 is 0 Å². The van der Waals surface area contributed by atoms with Crippen molar-refractivity contribution >= 4 is 23.5 Å². The van der Waals surface area contributed by atoms with E-state index in [-0.39, 0.29) is 53.5 Å². The Balaban J connectivity index is 1.30. The Morgan fingerprint density at radius 1 is 1.29 bits per heavy atom. The molecule has 3 aliphatic rings. The molecule has 9 nitrogen and oxygen atoms in total. The first-order chi connectivity index (χ1) is 16.6. The first kappa shape index (κ1) is 23.3. The van der Waals surface area contributed by atoms with E-state index in [0.29, 0.717) is 5.56 Å². The Kier molecular flexibility index (Phi) is 5.54. The summed E-state index contributed by atoms with van der Waals surface area (Å²) in [6.07, 6.45) is 2.68. The van der Waals surface area contributed by atoms with Gasteiger partial charge >= 0.3 is 5.97 Å². The first-order valence-electron chi connectivity index (χ1n) is 10.9. The van der Waals surface area contributed by atoms with Crippen LogP contribution in [0.3, 0.4) is 0 Å². The normalized spacial score (nSPS) is 23.1. The molecule has 12 heteroatoms. The van der Waals surface area contributed by atoms with Crippen LogP contribution in [-0.2, 0) is 23.0 Å². The molecular weight excluding hydrogens is 482 g/mol. The van der Waals surface area contributed by atoms with Crippen LogP contribution in [-0.4, -0.2) is 48.0 Å². The van der Waals surface area contributed by atoms with Gasteiger partial charge in [0.15, 0.2) is 5.82 Å². The van der Waals surface area contributed by atoms with E-state index in [1.165, 1.54) is 17.1 Å². The minimum Gasteiger partial charge on any atom is -0.457 e. The summed E-state index contributed by atoms with van der Waals surface area (Å²) in [5.41, 5.74) is -0.953. The van der Waals surface area contributed by atoms with E-state index < -0.39 is 35.0 Å². The van der Waals surface area contributed by atoms with E-state index in [1.807, 2.05) is 0 Å². The van der Waals surface area contributed by atoms with Crippen molar-refractivity contribution in [2.45, 2.75) is 49.9 Å². The summed E-state index contributed by atoms with van der Waals surface area (Å²) in [6.45, 7) is 1.66. The van der Waals surface area contributed by atoms with Gasteiger partial charge in [-0.3, -0.25) is 19.3 Å². The van der Waals surface area contributed by atoms with E-state index in [2.05, 4.69) is 25.6 Å². The Labute approximate surface area is 203 Å². The zero-order valence-corrected chi connectivity index (χ0v) is 19.6. The third kappa shape index (κ3) is 4.24. The predicted octanol–water partition coefficient (Wildman–Crippen LogP) is 3.29. The molecule has 2 bridgehead atoms. The van der Waals surface area contributed by atoms with Crippen LogP contribution in [0.5, 0.6) is 0 Å². The van der Waals surface area contributed by atoms with Crippen molar-refractivity contribution in [1.82, 2.24) is 30.3 Å². The fourth-order valence-corrected chi connectivity index (χ4v) is 5.02. The molecule has 0 aromatic carbocycles. The number of rotatable bonds is 7. The molecule has 3 aromatic heterocycles. The largest absolute Gasteiger partial charge is 0.457 e. The molecular formula is C23H21ClF2N6O3. The summed E-state index contributed by atoms with van der Waals surface area (Å²) in [5.74, 6) is -1.93. The monoisotopic (exact) mass is 502 g/mol. The predicted molar refractivity (Wildman–Crippen MR) is 120 cm³/mol. The van der Waals surface area contributed by atoms with Crippen molar-refractivity contribution in [3.63, 3.8) is 0 Å². The molecule has 3 aromatic rings. The summed E-state index contributed by atoms with van der Waals surface area (Å²) in [7, 11) is 1.56. The summed E-state index contributed by atoms with van der Waals surface area (Å²) in [6, 6.07) is 4.42. The Morgan fingerprint density at radius 2 is 2.03 bits per heavy atom. The van der Waals surface area contributed by atoms with Crippen molar-refractivity contribution < 1.29 is 23.1 Å². The molecule has 1 N–H and O–H groups in total. The van der Waals surface area contributed by atoms with Crippen LogP contribution < -0.4 is 5.32 Å². The van der Waals surface area contributed by atoms with Gasteiger partial charge in [-0.15, -0.1) is 5.10 Å². The minimum atomic E-state index is -1.16. The smallest absolute Gasteiger partial charge is 0.312 e. The number of aryl methyl sites for hydroxylation is 1. The molecule has 0 unspecified atom stereocenters. The summed E-state index contributed by atoms with van der Waals surface area (Å²) in [5, 5.41) is 10.8. The Hall–Kier alpha value is -3.47. The van der Waals surface area contributed by atoms with E-state index in [0.717, 1.165) is 6.07 Å². The van der Waals surface area contributed by atoms with Crippen molar-refractivity contribution in [3.8, 4) is 11.4 Å². The third-order valence-electron chi connectivity index (χ3n) is 6.46. The zero-order valence-electron chi connectivity index (χ0n) is 18.9. The minimum absolute atomic E-state index is 0.0101. The van der Waals surface area contributed by atoms with Crippen LogP contribution in [0.4, 0.5) is 8.78 Å². The molecule has 3 fully saturated rings. The number of hydrogen-bond acceptors (Lipinski definition) is 7. The molecule has 0 radical (unpaired) electrons. The van der Waals surface area contributed by atoms with Gasteiger partial charge in [-0.25, -0.2) is 13.8 Å². The van der Waals surface area contributed by atoms with Gasteiger partial charge in [-0.2, -0.15) is 0 Å². The molecule has 1 amide bonds. The third-order valence-corrected chi connectivity index (χ3v) is 6.78. The lowest BCUT2D eigenvalue weighted by molar-refractivity contribution is -0.162. The van der Waals surface area contributed by atoms with Crippen LogP contribution in [0.15, 0.2) is 30.6 Å². The number of amides is 1. The summed E-state index contributed by atoms with van der Waals surface area (Å²) >= 11 is 6.06. The maximum atomic E-state index is 15.0. The van der Waals surface area contributed by atoms with Crippen LogP contribution in [0, 0.1) is 5.82 Å². The van der Waals surface area contributed by atoms with Crippen LogP contribution in [0.25, 0.3) is 11.4 Å². The quantitative estimate of drug-likeness (QED) is 0.389. The molecule has 6 rings (SSSR count). The van der Waals surface area contributed by atoms with Gasteiger partial charge in [0.25, 0.3) is 5.91 Å². The Bertz CT molecular complexity index is 1330. The fourth-order valence-electron chi connectivity index (χ4n) is 4.75. The second-order valence-corrected chi connectivity index (χ2v) is 9.53. The molecule has 1 atom stereocenters. The van der Waals surface area contributed by atoms with E-state index in [9.17, 15) is 18.4 Å². The van der Waals surface area contributed by atoms with Gasteiger partial charge in [0.05, 0.1) is 17.7 Å². The topological polar surface area (TPSA) is 112 Å². The first-order valence-corrected chi connectivity index (χ1v) is 11.3. The maximum Gasteiger partial charge on any atom is 0.312 e. The number of nitrogens with zero attached hydrogens (tertiary/aromatic N) is 5. The highest BCUT2D eigenvalue weighted by atomic mass is 35.5. The number of alkyl halides is 1. The number of aromatic nitrogens is 5. The van der Waals surface area contributed by atoms with Crippen LogP contribution >= 0.6 is 11.6 Å². The van der Waals surface area contributed by atoms with Gasteiger partial charge < -0.3 is 10.1 Å². The number of halogens is 3. The number of nitrogens with one attached hydrogen (secondary N) is 1. The van der Waals surface area contributed by atoms with Crippen molar-refractivity contribution in [2.24, 2.45) is 7.05 Å². The standard InChI is InChI=1S/C23H21ClF2N6O3/c1-12(14-4-3-5-27-20(14)24)35-17(33)7-16-19(30-31-32(16)2)18-15(25)6-13(8-28-18)21(34)29-23-9-22(26,10-23)11-23/h3-6,8,12H,7,9-11H2,1-2H3,(H,29,34)/t12-,22?,23?/m1/s1. The van der Waals surface area contributed by atoms with Crippen molar-refractivity contribution in [3.05, 3.63) is 58.4 Å². The fraction of sp³-hybridized carbons (Fsp3) is 0.391. The average molecular weight is 503 g/mol. The number of hydrogen-bond donors (Lipinski definition) is 1. The molecule has 182 valence electrons. The number of ether oxygens (including phenoxy) is 1. The van der Waals surface area contributed by atoms with E-state index in [1.54, 1.807) is 26.1 Å². The zero-order chi connectivity index (χ0) is 25.0. The average Bonchev–Trinajstić information content (AvgIpc) is 3.11. The van der Waals surface area contributed by atoms with Gasteiger partial charge in [0.1, 0.15) is 28.3 Å². The molecule has 35 heavy (non-hydrogen) atoms. The number of carbonyl (C=O) groups excluding carboxylic acids is 2. The molecule has 0 spiro atoms. The highest BCUT2D eigenvalue weighted by Crippen LogP contribution is 2.62.